The van der Waals surface area contributed by atoms with Crippen LogP contribution in [0.1, 0.15) is 57.2 Å². The van der Waals surface area contributed by atoms with Crippen LogP contribution in [0.15, 0.2) is 18.7 Å². The van der Waals surface area contributed by atoms with Gasteiger partial charge in [0.25, 0.3) is 0 Å². The standard InChI is InChI=1S/C16H22N6OS/c1-7-13-20-14(10(2)19-11(3)23-16(4,5)6)22(21-13)15-18-9-12(8-17)24-15/h9-10,19H,3,7H2,1-2,4-6H3. The number of thiazole rings is 1. The van der Waals surface area contributed by atoms with Gasteiger partial charge in [-0.05, 0) is 34.3 Å². The van der Waals surface area contributed by atoms with Crippen molar-refractivity contribution in [3.63, 3.8) is 0 Å². The second-order valence-electron chi connectivity index (χ2n) is 6.27. The van der Waals surface area contributed by atoms with Gasteiger partial charge in [0.2, 0.25) is 5.13 Å². The number of nitrogens with one attached hydrogen (secondary N) is 1. The third kappa shape index (κ3) is 4.32. The lowest BCUT2D eigenvalue weighted by atomic mass is 10.2. The van der Waals surface area contributed by atoms with Crippen LogP contribution in [-0.2, 0) is 11.2 Å². The van der Waals surface area contributed by atoms with Crippen molar-refractivity contribution in [3.05, 3.63) is 35.2 Å². The minimum atomic E-state index is -0.330. The number of hydrogen-bond acceptors (Lipinski definition) is 7. The zero-order chi connectivity index (χ0) is 17.9. The van der Waals surface area contributed by atoms with Gasteiger partial charge >= 0.3 is 0 Å². The van der Waals surface area contributed by atoms with E-state index < -0.39 is 0 Å². The van der Waals surface area contributed by atoms with Crippen LogP contribution in [0.5, 0.6) is 0 Å². The first-order valence-electron chi connectivity index (χ1n) is 7.70. The van der Waals surface area contributed by atoms with Crippen LogP contribution in [0, 0.1) is 11.3 Å². The summed E-state index contributed by atoms with van der Waals surface area (Å²) in [6.45, 7) is 13.7. The molecule has 0 aromatic carbocycles. The second-order valence-corrected chi connectivity index (χ2v) is 7.28. The molecule has 1 N–H and O–H groups in total. The summed E-state index contributed by atoms with van der Waals surface area (Å²) in [6, 6.07) is 1.91. The summed E-state index contributed by atoms with van der Waals surface area (Å²) in [5, 5.41) is 17.3. The molecule has 0 bridgehead atoms. The molecule has 24 heavy (non-hydrogen) atoms. The van der Waals surface area contributed by atoms with Gasteiger partial charge in [-0.1, -0.05) is 18.3 Å². The molecule has 0 spiro atoms. The molecule has 2 aromatic heterocycles. The lowest BCUT2D eigenvalue weighted by molar-refractivity contribution is 0.0385. The SMILES string of the molecule is C=C(NC(C)c1nc(CC)nn1-c1ncc(C#N)s1)OC(C)(C)C. The summed E-state index contributed by atoms with van der Waals surface area (Å²) in [7, 11) is 0. The summed E-state index contributed by atoms with van der Waals surface area (Å²) in [5.41, 5.74) is -0.330. The van der Waals surface area contributed by atoms with E-state index in [0.29, 0.717) is 28.1 Å². The number of rotatable bonds is 6. The second kappa shape index (κ2) is 7.01. The smallest absolute Gasteiger partial charge is 0.213 e. The van der Waals surface area contributed by atoms with E-state index in [1.165, 1.54) is 17.5 Å². The number of ether oxygens (including phenoxy) is 1. The van der Waals surface area contributed by atoms with Gasteiger partial charge in [0, 0.05) is 6.42 Å². The predicted molar refractivity (Wildman–Crippen MR) is 92.7 cm³/mol. The van der Waals surface area contributed by atoms with Crippen molar-refractivity contribution in [1.29, 1.82) is 5.26 Å². The van der Waals surface area contributed by atoms with Crippen molar-refractivity contribution in [3.8, 4) is 11.2 Å². The van der Waals surface area contributed by atoms with E-state index in [0.717, 1.165) is 5.82 Å². The van der Waals surface area contributed by atoms with E-state index in [4.69, 9.17) is 10.00 Å². The summed E-state index contributed by atoms with van der Waals surface area (Å²) < 4.78 is 7.38. The van der Waals surface area contributed by atoms with Crippen LogP contribution in [0.25, 0.3) is 5.13 Å². The number of aromatic nitrogens is 4. The summed E-state index contributed by atoms with van der Waals surface area (Å²) in [6.07, 6.45) is 2.25. The Labute approximate surface area is 146 Å². The molecule has 0 saturated heterocycles. The van der Waals surface area contributed by atoms with Gasteiger partial charge in [0.05, 0.1) is 12.2 Å². The number of aryl methyl sites for hydroxylation is 1. The summed E-state index contributed by atoms with van der Waals surface area (Å²) >= 11 is 1.28. The van der Waals surface area contributed by atoms with Crippen LogP contribution in [0.2, 0.25) is 0 Å². The number of nitrogens with zero attached hydrogens (tertiary/aromatic N) is 5. The first-order chi connectivity index (χ1) is 11.2. The number of hydrogen-bond donors (Lipinski definition) is 1. The quantitative estimate of drug-likeness (QED) is 0.809. The molecule has 8 heteroatoms. The molecular formula is C16H22N6OS. The fourth-order valence-electron chi connectivity index (χ4n) is 2.06. The highest BCUT2D eigenvalue weighted by Gasteiger charge is 2.21. The molecule has 0 radical (unpaired) electrons. The van der Waals surface area contributed by atoms with Gasteiger partial charge in [-0.2, -0.15) is 9.94 Å². The summed E-state index contributed by atoms with van der Waals surface area (Å²) in [5.74, 6) is 1.89. The molecule has 0 aliphatic rings. The van der Waals surface area contributed by atoms with Crippen molar-refractivity contribution in [2.75, 3.05) is 0 Å². The third-order valence-electron chi connectivity index (χ3n) is 2.97. The molecule has 0 amide bonds. The molecule has 2 aromatic rings. The maximum Gasteiger partial charge on any atom is 0.213 e. The molecule has 128 valence electrons. The van der Waals surface area contributed by atoms with E-state index in [9.17, 15) is 0 Å². The molecule has 2 rings (SSSR count). The normalized spacial score (nSPS) is 12.5. The van der Waals surface area contributed by atoms with E-state index in [-0.39, 0.29) is 11.6 Å². The Hall–Kier alpha value is -2.40. The monoisotopic (exact) mass is 346 g/mol. The first-order valence-corrected chi connectivity index (χ1v) is 8.51. The van der Waals surface area contributed by atoms with Crippen LogP contribution < -0.4 is 5.32 Å². The Morgan fingerprint density at radius 3 is 2.79 bits per heavy atom. The molecule has 0 aliphatic heterocycles. The summed E-state index contributed by atoms with van der Waals surface area (Å²) in [4.78, 5) is 9.36. The highest BCUT2D eigenvalue weighted by molar-refractivity contribution is 7.14. The zero-order valence-electron chi connectivity index (χ0n) is 14.6. The fourth-order valence-corrected chi connectivity index (χ4v) is 2.73. The molecular weight excluding hydrogens is 324 g/mol. The minimum absolute atomic E-state index is 0.179. The Bertz CT molecular complexity index is 764. The van der Waals surface area contributed by atoms with Crippen molar-refractivity contribution in [2.24, 2.45) is 0 Å². The van der Waals surface area contributed by atoms with E-state index >= 15 is 0 Å². The van der Waals surface area contributed by atoms with E-state index in [1.807, 2.05) is 34.6 Å². The average molecular weight is 346 g/mol. The molecule has 1 unspecified atom stereocenters. The molecule has 0 aliphatic carbocycles. The minimum Gasteiger partial charge on any atom is -0.474 e. The van der Waals surface area contributed by atoms with Gasteiger partial charge < -0.3 is 10.1 Å². The van der Waals surface area contributed by atoms with E-state index in [2.05, 4.69) is 33.0 Å². The Morgan fingerprint density at radius 2 is 2.25 bits per heavy atom. The Kier molecular flexibility index (Phi) is 5.24. The molecule has 2 heterocycles. The van der Waals surface area contributed by atoms with Gasteiger partial charge in [0.15, 0.2) is 17.5 Å². The predicted octanol–water partition coefficient (Wildman–Crippen LogP) is 3.09. The third-order valence-corrected chi connectivity index (χ3v) is 3.85. The van der Waals surface area contributed by atoms with Gasteiger partial charge in [-0.25, -0.2) is 9.97 Å². The lowest BCUT2D eigenvalue weighted by Crippen LogP contribution is -2.28. The van der Waals surface area contributed by atoms with Gasteiger partial charge in [0.1, 0.15) is 16.5 Å². The van der Waals surface area contributed by atoms with Gasteiger partial charge in [-0.15, -0.1) is 5.10 Å². The fraction of sp³-hybridized carbons (Fsp3) is 0.500. The van der Waals surface area contributed by atoms with Crippen molar-refractivity contribution in [1.82, 2.24) is 25.1 Å². The molecule has 1 atom stereocenters. The Morgan fingerprint density at radius 1 is 1.54 bits per heavy atom. The Balaban J connectivity index is 2.27. The van der Waals surface area contributed by atoms with Crippen molar-refractivity contribution in [2.45, 2.75) is 52.7 Å². The lowest BCUT2D eigenvalue weighted by Gasteiger charge is -2.25. The van der Waals surface area contributed by atoms with Gasteiger partial charge in [-0.3, -0.25) is 0 Å². The van der Waals surface area contributed by atoms with E-state index in [1.54, 1.807) is 4.68 Å². The molecule has 7 nitrogen and oxygen atoms in total. The maximum atomic E-state index is 8.99. The number of nitriles is 1. The van der Waals surface area contributed by atoms with Crippen molar-refractivity contribution >= 4 is 11.3 Å². The largest absolute Gasteiger partial charge is 0.474 e. The first kappa shape index (κ1) is 17.9. The highest BCUT2D eigenvalue weighted by Crippen LogP contribution is 2.22. The average Bonchev–Trinajstić information content (AvgIpc) is 3.11. The van der Waals surface area contributed by atoms with Crippen LogP contribution in [0.3, 0.4) is 0 Å². The van der Waals surface area contributed by atoms with Crippen LogP contribution in [-0.4, -0.2) is 25.3 Å². The zero-order valence-corrected chi connectivity index (χ0v) is 15.4. The van der Waals surface area contributed by atoms with Crippen molar-refractivity contribution < 1.29 is 4.74 Å². The topological polar surface area (TPSA) is 88.7 Å². The highest BCUT2D eigenvalue weighted by atomic mass is 32.1. The molecule has 0 saturated carbocycles. The van der Waals surface area contributed by atoms with Crippen LogP contribution in [0.4, 0.5) is 0 Å². The molecule has 0 fully saturated rings. The van der Waals surface area contributed by atoms with Crippen LogP contribution >= 0.6 is 11.3 Å². The maximum absolute atomic E-state index is 8.99.